The maximum Gasteiger partial charge on any atom is 0.316 e. The molecule has 0 rings (SSSR count). The molecule has 0 aliphatic carbocycles. The summed E-state index contributed by atoms with van der Waals surface area (Å²) in [5, 5.41) is 0. The molecule has 0 heterocycles. The highest BCUT2D eigenvalue weighted by molar-refractivity contribution is 5.75. The van der Waals surface area contributed by atoms with Gasteiger partial charge in [-0.15, -0.1) is 0 Å². The van der Waals surface area contributed by atoms with Crippen molar-refractivity contribution in [1.29, 1.82) is 0 Å². The molecule has 0 fully saturated rings. The lowest BCUT2D eigenvalue weighted by molar-refractivity contribution is 0.823. The third-order valence-electron chi connectivity index (χ3n) is 0. The molecule has 0 spiro atoms. The molecule has 0 saturated carbocycles. The topological polar surface area (TPSA) is 98.0 Å². The predicted octanol–water partition coefficient (Wildman–Crippen LogP) is -2.40. The molecule has 0 bridgehead atoms. The van der Waals surface area contributed by atoms with E-state index in [1.807, 2.05) is 0 Å². The molecule has 28 valence electrons. The van der Waals surface area contributed by atoms with Gasteiger partial charge in [0.25, 0.3) is 0 Å². The Kier molecular flexibility index (Phi) is 2260. The minimum atomic E-state index is 0. The molecule has 0 aliphatic heterocycles. The van der Waals surface area contributed by atoms with Crippen molar-refractivity contribution >= 4 is 23.1 Å². The van der Waals surface area contributed by atoms with Crippen LogP contribution in [0, 0.1) is 0 Å². The maximum absolute atomic E-state index is 0. The van der Waals surface area contributed by atoms with Crippen molar-refractivity contribution in [3.63, 3.8) is 0 Å². The molecule has 0 saturated heterocycles. The van der Waals surface area contributed by atoms with Gasteiger partial charge in [-0.25, -0.2) is 0 Å². The summed E-state index contributed by atoms with van der Waals surface area (Å²) in [6.07, 6.45) is 0. The first-order chi connectivity index (χ1) is 0. The van der Waals surface area contributed by atoms with E-state index >= 15 is 0 Å². The van der Waals surface area contributed by atoms with Crippen LogP contribution in [0.4, 0.5) is 0 Å². The first-order valence-corrected chi connectivity index (χ1v) is 0. The quantitative estimate of drug-likeness (QED) is 0.322. The molecular formula is H9MgNO2. The monoisotopic (exact) mass is 79.0 g/mol. The van der Waals surface area contributed by atoms with Gasteiger partial charge in [0.1, 0.15) is 0 Å². The Morgan fingerprint density at radius 1 is 0.750 bits per heavy atom. The highest BCUT2D eigenvalue weighted by Gasteiger charge is 0.316. The third-order valence-corrected chi connectivity index (χ3v) is 0. The van der Waals surface area contributed by atoms with Gasteiger partial charge in [-0.05, 0) is 0 Å². The SMILES string of the molecule is N.O.O.[MgH2]. The van der Waals surface area contributed by atoms with Crippen LogP contribution in [0.25, 0.3) is 0 Å². The van der Waals surface area contributed by atoms with Gasteiger partial charge in [0, 0.05) is 0 Å². The average molecular weight is 79.4 g/mol. The van der Waals surface area contributed by atoms with Gasteiger partial charge in [0.15, 0.2) is 0 Å². The summed E-state index contributed by atoms with van der Waals surface area (Å²) in [7, 11) is 0. The largest absolute Gasteiger partial charge is 0.412 e. The second-order valence-corrected chi connectivity index (χ2v) is 0. The first-order valence-electron chi connectivity index (χ1n) is 0. The molecule has 0 unspecified atom stereocenters. The Bertz CT molecular complexity index is 6.00. The first kappa shape index (κ1) is 148. The molecule has 0 aromatic rings. The fourth-order valence-corrected chi connectivity index (χ4v) is 0. The van der Waals surface area contributed by atoms with Gasteiger partial charge in [-0.1, -0.05) is 0 Å². The van der Waals surface area contributed by atoms with Gasteiger partial charge in [-0.3, -0.25) is 0 Å². The van der Waals surface area contributed by atoms with E-state index in [2.05, 4.69) is 0 Å². The zero-order valence-corrected chi connectivity index (χ0v) is 1.71. The van der Waals surface area contributed by atoms with Crippen molar-refractivity contribution < 1.29 is 11.0 Å². The van der Waals surface area contributed by atoms with E-state index in [4.69, 9.17) is 0 Å². The lowest BCUT2D eigenvalue weighted by Gasteiger charge is -0.413. The van der Waals surface area contributed by atoms with E-state index < -0.39 is 0 Å². The minimum Gasteiger partial charge on any atom is -0.412 e. The second-order valence-electron chi connectivity index (χ2n) is 0. The lowest BCUT2D eigenvalue weighted by atomic mass is 14.0. The van der Waals surface area contributed by atoms with Crippen molar-refractivity contribution in [1.82, 2.24) is 6.15 Å². The molecule has 0 radical (unpaired) electrons. The number of hydrogen-bond donors (Lipinski definition) is 1. The Morgan fingerprint density at radius 2 is 0.750 bits per heavy atom. The van der Waals surface area contributed by atoms with E-state index in [-0.39, 0.29) is 40.2 Å². The Hall–Kier alpha value is 0.646. The van der Waals surface area contributed by atoms with Crippen molar-refractivity contribution in [2.45, 2.75) is 0 Å². The zero-order chi connectivity index (χ0) is 0. The van der Waals surface area contributed by atoms with Gasteiger partial charge < -0.3 is 17.1 Å². The normalized spacial score (nSPS) is 0. The fraction of sp³-hybridized carbons (Fsp3) is 0. The van der Waals surface area contributed by atoms with E-state index in [0.717, 1.165) is 0 Å². The van der Waals surface area contributed by atoms with Crippen molar-refractivity contribution in [3.8, 4) is 0 Å². The molecule has 0 aromatic carbocycles. The summed E-state index contributed by atoms with van der Waals surface area (Å²) >= 11 is 0. The highest BCUT2D eigenvalue weighted by Crippen LogP contribution is -0.288. The van der Waals surface area contributed by atoms with E-state index in [9.17, 15) is 0 Å². The third kappa shape index (κ3) is 17.2. The predicted molar refractivity (Wildman–Crippen MR) is 20.8 cm³/mol. The second kappa shape index (κ2) is 61.1. The number of hydrogen-bond acceptors (Lipinski definition) is 1. The van der Waals surface area contributed by atoms with E-state index in [1.54, 1.807) is 0 Å². The molecule has 4 heavy (non-hydrogen) atoms. The Balaban J connectivity index is 0. The summed E-state index contributed by atoms with van der Waals surface area (Å²) in [6, 6.07) is 0. The van der Waals surface area contributed by atoms with Crippen molar-refractivity contribution in [3.05, 3.63) is 0 Å². The van der Waals surface area contributed by atoms with Crippen LogP contribution in [0.2, 0.25) is 0 Å². The molecule has 0 aliphatic rings. The average Bonchev–Trinajstić information content (AvgIpc) is 0. The summed E-state index contributed by atoms with van der Waals surface area (Å²) < 4.78 is 0. The van der Waals surface area contributed by atoms with Crippen LogP contribution in [0.3, 0.4) is 0 Å². The van der Waals surface area contributed by atoms with Gasteiger partial charge in [0.05, 0.1) is 0 Å². The molecule has 0 aromatic heterocycles. The van der Waals surface area contributed by atoms with E-state index in [0.29, 0.717) is 0 Å². The van der Waals surface area contributed by atoms with Gasteiger partial charge in [-0.2, -0.15) is 0 Å². The molecule has 3 nitrogen and oxygen atoms in total. The van der Waals surface area contributed by atoms with Crippen molar-refractivity contribution in [2.75, 3.05) is 0 Å². The van der Waals surface area contributed by atoms with Gasteiger partial charge in [0.2, 0.25) is 0 Å². The van der Waals surface area contributed by atoms with Crippen LogP contribution < -0.4 is 6.15 Å². The maximum atomic E-state index is 0. The molecule has 4 heteroatoms. The summed E-state index contributed by atoms with van der Waals surface area (Å²) in [5.74, 6) is 0. The Labute approximate surface area is 40.7 Å². The standard InChI is InChI=1S/Mg.H3N.2H2O.2H/h;1H3;2*1H2;;. The van der Waals surface area contributed by atoms with Crippen LogP contribution >= 0.6 is 0 Å². The summed E-state index contributed by atoms with van der Waals surface area (Å²) in [6.45, 7) is 0. The number of rotatable bonds is 0. The van der Waals surface area contributed by atoms with Crippen LogP contribution in [0.15, 0.2) is 0 Å². The zero-order valence-electron chi connectivity index (χ0n) is 1.71. The fourth-order valence-electron chi connectivity index (χ4n) is 0. The van der Waals surface area contributed by atoms with Crippen molar-refractivity contribution in [2.24, 2.45) is 0 Å². The van der Waals surface area contributed by atoms with Crippen LogP contribution in [0.1, 0.15) is 0 Å². The molecular weight excluding hydrogens is 70.3 g/mol. The Morgan fingerprint density at radius 3 is 0.750 bits per heavy atom. The van der Waals surface area contributed by atoms with Crippen LogP contribution in [-0.2, 0) is 0 Å². The van der Waals surface area contributed by atoms with Gasteiger partial charge >= 0.3 is 23.1 Å². The highest BCUT2D eigenvalue weighted by atomic mass is 24.3. The summed E-state index contributed by atoms with van der Waals surface area (Å²) in [5.41, 5.74) is 0. The minimum absolute atomic E-state index is 0. The lowest BCUT2D eigenvalue weighted by Crippen LogP contribution is -0.481. The van der Waals surface area contributed by atoms with E-state index in [1.165, 1.54) is 0 Å². The summed E-state index contributed by atoms with van der Waals surface area (Å²) in [4.78, 5) is 0. The molecule has 0 amide bonds. The molecule has 7 N–H and O–H groups in total. The molecule has 0 atom stereocenters. The smallest absolute Gasteiger partial charge is 0.316 e. The van der Waals surface area contributed by atoms with Crippen LogP contribution in [0.5, 0.6) is 0 Å². The van der Waals surface area contributed by atoms with Crippen LogP contribution in [-0.4, -0.2) is 34.0 Å².